The van der Waals surface area contributed by atoms with Crippen molar-refractivity contribution in [3.05, 3.63) is 29.8 Å². The van der Waals surface area contributed by atoms with Gasteiger partial charge in [0.2, 0.25) is 0 Å². The maximum Gasteiger partial charge on any atom is 0.472 e. The predicted molar refractivity (Wildman–Crippen MR) is 156 cm³/mol. The third kappa shape index (κ3) is 18.1. The molecule has 0 amide bonds. The number of nitrogens with two attached hydrogens (primary N) is 1. The van der Waals surface area contributed by atoms with Crippen molar-refractivity contribution >= 4 is 13.6 Å². The van der Waals surface area contributed by atoms with E-state index in [1.165, 1.54) is 64.2 Å². The minimum Gasteiger partial charge on any atom is -0.494 e. The van der Waals surface area contributed by atoms with E-state index in [1.807, 2.05) is 31.2 Å². The average molecular weight is 556 g/mol. The molecule has 1 rings (SSSR count). The largest absolute Gasteiger partial charge is 0.494 e. The monoisotopic (exact) mass is 555 g/mol. The van der Waals surface area contributed by atoms with E-state index in [0.717, 1.165) is 24.2 Å². The van der Waals surface area contributed by atoms with E-state index in [9.17, 15) is 14.3 Å². The van der Waals surface area contributed by atoms with Crippen molar-refractivity contribution in [3.8, 4) is 5.75 Å². The molecule has 0 radical (unpaired) electrons. The molecule has 8 heteroatoms. The molecule has 1 aromatic rings. The number of phosphoric acid groups is 1. The summed E-state index contributed by atoms with van der Waals surface area (Å²) < 4.78 is 28.5. The standard InChI is InChI=1S/C30H54NO6P/c1-4-6-7-8-9-10-11-12-13-14-15-20-35-30-19-16-18-27(23-30)21-28(22-29(32)17-5-2)25-36-38(33,34)37-26(3)24-31/h16,18-19,23,26,28H,4-15,17,20-22,24-25,31H2,1-3H3,(H,33,34). The van der Waals surface area contributed by atoms with Gasteiger partial charge in [-0.15, -0.1) is 0 Å². The van der Waals surface area contributed by atoms with Crippen LogP contribution in [0.5, 0.6) is 5.75 Å². The van der Waals surface area contributed by atoms with Crippen LogP contribution in [-0.2, 0) is 24.8 Å². The average Bonchev–Trinajstić information content (AvgIpc) is 2.88. The zero-order valence-electron chi connectivity index (χ0n) is 24.2. The molecule has 3 N–H and O–H groups in total. The van der Waals surface area contributed by atoms with Gasteiger partial charge in [0.1, 0.15) is 11.5 Å². The van der Waals surface area contributed by atoms with Gasteiger partial charge in [-0.05, 0) is 49.8 Å². The van der Waals surface area contributed by atoms with Crippen molar-refractivity contribution in [3.63, 3.8) is 0 Å². The van der Waals surface area contributed by atoms with Crippen molar-refractivity contribution < 1.29 is 28.0 Å². The van der Waals surface area contributed by atoms with E-state index in [-0.39, 0.29) is 31.3 Å². The van der Waals surface area contributed by atoms with Crippen LogP contribution in [0.1, 0.15) is 116 Å². The zero-order chi connectivity index (χ0) is 28.1. The van der Waals surface area contributed by atoms with E-state index in [2.05, 4.69) is 6.92 Å². The highest BCUT2D eigenvalue weighted by Gasteiger charge is 2.26. The summed E-state index contributed by atoms with van der Waals surface area (Å²) in [4.78, 5) is 22.3. The number of hydrogen-bond acceptors (Lipinski definition) is 6. The summed E-state index contributed by atoms with van der Waals surface area (Å²) in [6.07, 6.45) is 15.8. The van der Waals surface area contributed by atoms with Crippen LogP contribution in [0, 0.1) is 5.92 Å². The molecule has 7 nitrogen and oxygen atoms in total. The first-order chi connectivity index (χ1) is 18.3. The molecule has 0 aliphatic rings. The molecule has 0 saturated carbocycles. The molecule has 0 aliphatic heterocycles. The van der Waals surface area contributed by atoms with E-state index in [4.69, 9.17) is 19.5 Å². The minimum atomic E-state index is -4.25. The van der Waals surface area contributed by atoms with Crippen molar-refractivity contribution in [2.45, 2.75) is 123 Å². The van der Waals surface area contributed by atoms with Gasteiger partial charge in [0, 0.05) is 19.4 Å². The Morgan fingerprint density at radius 2 is 1.61 bits per heavy atom. The first kappa shape index (κ1) is 34.8. The number of carbonyl (C=O) groups excluding carboxylic acids is 1. The lowest BCUT2D eigenvalue weighted by Crippen LogP contribution is -2.21. The molecule has 0 saturated heterocycles. The normalized spacial score (nSPS) is 14.7. The summed E-state index contributed by atoms with van der Waals surface area (Å²) >= 11 is 0. The van der Waals surface area contributed by atoms with E-state index in [1.54, 1.807) is 6.92 Å². The second-order valence-corrected chi connectivity index (χ2v) is 11.9. The SMILES string of the molecule is CCCCCCCCCCCCCOc1cccc(CC(COP(=O)(O)OC(C)CN)CC(=O)CCC)c1. The maximum atomic E-state index is 12.3. The van der Waals surface area contributed by atoms with Gasteiger partial charge >= 0.3 is 7.82 Å². The number of hydrogen-bond donors (Lipinski definition) is 2. The molecule has 0 aliphatic carbocycles. The zero-order valence-corrected chi connectivity index (χ0v) is 25.1. The van der Waals surface area contributed by atoms with Gasteiger partial charge < -0.3 is 15.4 Å². The summed E-state index contributed by atoms with van der Waals surface area (Å²) in [6.45, 7) is 6.57. The molecule has 0 fully saturated rings. The highest BCUT2D eigenvalue weighted by Crippen LogP contribution is 2.45. The predicted octanol–water partition coefficient (Wildman–Crippen LogP) is 7.78. The van der Waals surface area contributed by atoms with Gasteiger partial charge in [-0.3, -0.25) is 13.8 Å². The van der Waals surface area contributed by atoms with Crippen molar-refractivity contribution in [2.75, 3.05) is 19.8 Å². The van der Waals surface area contributed by atoms with Crippen LogP contribution >= 0.6 is 7.82 Å². The van der Waals surface area contributed by atoms with Crippen molar-refractivity contribution in [2.24, 2.45) is 11.7 Å². The summed E-state index contributed by atoms with van der Waals surface area (Å²) in [5, 5.41) is 0. The topological polar surface area (TPSA) is 108 Å². The van der Waals surface area contributed by atoms with E-state index < -0.39 is 13.9 Å². The number of ketones is 1. The Balaban J connectivity index is 2.45. The fourth-order valence-electron chi connectivity index (χ4n) is 4.45. The molecule has 3 unspecified atom stereocenters. The fraction of sp³-hybridized carbons (Fsp3) is 0.767. The number of Topliss-reactive ketones (excluding diaryl/α,β-unsaturated/α-hetero) is 1. The lowest BCUT2D eigenvalue weighted by Gasteiger charge is -2.21. The first-order valence-corrected chi connectivity index (χ1v) is 16.4. The van der Waals surface area contributed by atoms with Gasteiger partial charge in [0.15, 0.2) is 0 Å². The van der Waals surface area contributed by atoms with Crippen LogP contribution in [-0.4, -0.2) is 36.5 Å². The minimum absolute atomic E-state index is 0.0512. The lowest BCUT2D eigenvalue weighted by atomic mass is 9.94. The second kappa shape index (κ2) is 21.6. The fourth-order valence-corrected chi connectivity index (χ4v) is 5.45. The molecule has 1 aromatic carbocycles. The molecule has 0 bridgehead atoms. The molecule has 220 valence electrons. The Morgan fingerprint density at radius 1 is 0.974 bits per heavy atom. The van der Waals surface area contributed by atoms with Gasteiger partial charge in [0.05, 0.1) is 19.3 Å². The number of unbranched alkanes of at least 4 members (excludes halogenated alkanes) is 10. The number of benzene rings is 1. The Labute approximate surface area is 231 Å². The quantitative estimate of drug-likeness (QED) is 0.0937. The van der Waals surface area contributed by atoms with Crippen LogP contribution in [0.25, 0.3) is 0 Å². The molecular formula is C30H54NO6P. The van der Waals surface area contributed by atoms with Crippen LogP contribution < -0.4 is 10.5 Å². The van der Waals surface area contributed by atoms with E-state index in [0.29, 0.717) is 19.4 Å². The maximum absolute atomic E-state index is 12.3. The number of phosphoric ester groups is 1. The summed E-state index contributed by atoms with van der Waals surface area (Å²) in [5.41, 5.74) is 6.48. The van der Waals surface area contributed by atoms with Gasteiger partial charge in [-0.25, -0.2) is 4.57 Å². The summed E-state index contributed by atoms with van der Waals surface area (Å²) in [7, 11) is -4.25. The third-order valence-corrected chi connectivity index (χ3v) is 7.70. The van der Waals surface area contributed by atoms with Crippen molar-refractivity contribution in [1.29, 1.82) is 0 Å². The molecule has 0 aromatic heterocycles. The van der Waals surface area contributed by atoms with Gasteiger partial charge in [0.25, 0.3) is 0 Å². The Bertz CT molecular complexity index is 790. The van der Waals surface area contributed by atoms with Gasteiger partial charge in [-0.1, -0.05) is 90.2 Å². The van der Waals surface area contributed by atoms with Crippen LogP contribution in [0.3, 0.4) is 0 Å². The Kier molecular flexibility index (Phi) is 19.7. The Hall–Kier alpha value is -1.24. The number of carbonyl (C=O) groups is 1. The summed E-state index contributed by atoms with van der Waals surface area (Å²) in [5.74, 6) is 0.685. The van der Waals surface area contributed by atoms with Crippen LogP contribution in [0.4, 0.5) is 0 Å². The number of ether oxygens (including phenoxy) is 1. The van der Waals surface area contributed by atoms with Crippen molar-refractivity contribution in [1.82, 2.24) is 0 Å². The molecule has 38 heavy (non-hydrogen) atoms. The second-order valence-electron chi connectivity index (χ2n) is 10.5. The van der Waals surface area contributed by atoms with Crippen LogP contribution in [0.15, 0.2) is 24.3 Å². The molecule has 3 atom stereocenters. The highest BCUT2D eigenvalue weighted by atomic mass is 31.2. The van der Waals surface area contributed by atoms with E-state index >= 15 is 0 Å². The summed E-state index contributed by atoms with van der Waals surface area (Å²) in [6, 6.07) is 7.86. The lowest BCUT2D eigenvalue weighted by molar-refractivity contribution is -0.120. The first-order valence-electron chi connectivity index (χ1n) is 14.9. The number of rotatable bonds is 25. The Morgan fingerprint density at radius 3 is 2.21 bits per heavy atom. The molecular weight excluding hydrogens is 501 g/mol. The molecule has 0 heterocycles. The van der Waals surface area contributed by atoms with Gasteiger partial charge in [-0.2, -0.15) is 0 Å². The smallest absolute Gasteiger partial charge is 0.472 e. The molecule has 0 spiro atoms. The highest BCUT2D eigenvalue weighted by molar-refractivity contribution is 7.47. The van der Waals surface area contributed by atoms with Crippen LogP contribution in [0.2, 0.25) is 0 Å². The third-order valence-electron chi connectivity index (χ3n) is 6.60.